The number of amides is 1. The SMILES string of the molecule is O=C(Nc1ccc2ccccc2n1)c1ccc(F)cc1. The number of para-hydroxylation sites is 1. The highest BCUT2D eigenvalue weighted by atomic mass is 19.1. The highest BCUT2D eigenvalue weighted by Gasteiger charge is 2.07. The standard InChI is InChI=1S/C16H11FN2O/c17-13-8-5-12(6-9-13)16(20)19-15-10-7-11-3-1-2-4-14(11)18-15/h1-10H,(H,18,19,20). The molecule has 1 heterocycles. The second-order valence-corrected chi connectivity index (χ2v) is 4.35. The molecule has 0 fully saturated rings. The van der Waals surface area contributed by atoms with Gasteiger partial charge in [-0.15, -0.1) is 0 Å². The Morgan fingerprint density at radius 2 is 1.70 bits per heavy atom. The van der Waals surface area contributed by atoms with Crippen LogP contribution in [-0.2, 0) is 0 Å². The van der Waals surface area contributed by atoms with Gasteiger partial charge in [-0.1, -0.05) is 18.2 Å². The molecule has 0 aliphatic rings. The fraction of sp³-hybridized carbons (Fsp3) is 0. The first-order chi connectivity index (χ1) is 9.72. The van der Waals surface area contributed by atoms with Crippen LogP contribution >= 0.6 is 0 Å². The van der Waals surface area contributed by atoms with Gasteiger partial charge in [-0.2, -0.15) is 0 Å². The second-order valence-electron chi connectivity index (χ2n) is 4.35. The molecule has 0 saturated heterocycles. The Morgan fingerprint density at radius 3 is 2.50 bits per heavy atom. The number of rotatable bonds is 2. The molecule has 0 spiro atoms. The van der Waals surface area contributed by atoms with Crippen molar-refractivity contribution in [3.8, 4) is 0 Å². The molecule has 1 aromatic heterocycles. The van der Waals surface area contributed by atoms with Gasteiger partial charge < -0.3 is 5.32 Å². The number of nitrogens with one attached hydrogen (secondary N) is 1. The van der Waals surface area contributed by atoms with E-state index in [0.29, 0.717) is 11.4 Å². The van der Waals surface area contributed by atoms with Crippen molar-refractivity contribution in [2.75, 3.05) is 5.32 Å². The maximum absolute atomic E-state index is 12.8. The average molecular weight is 266 g/mol. The summed E-state index contributed by atoms with van der Waals surface area (Å²) in [6.07, 6.45) is 0. The summed E-state index contributed by atoms with van der Waals surface area (Å²) < 4.78 is 12.8. The highest BCUT2D eigenvalue weighted by molar-refractivity contribution is 6.04. The molecular weight excluding hydrogens is 255 g/mol. The zero-order chi connectivity index (χ0) is 13.9. The van der Waals surface area contributed by atoms with Crippen LogP contribution in [0, 0.1) is 5.82 Å². The number of fused-ring (bicyclic) bond motifs is 1. The summed E-state index contributed by atoms with van der Waals surface area (Å²) in [5.74, 6) is -0.212. The summed E-state index contributed by atoms with van der Waals surface area (Å²) in [5, 5.41) is 3.70. The van der Waals surface area contributed by atoms with Crippen LogP contribution in [0.15, 0.2) is 60.7 Å². The molecule has 0 saturated carbocycles. The zero-order valence-corrected chi connectivity index (χ0v) is 10.5. The van der Waals surface area contributed by atoms with Gasteiger partial charge in [-0.05, 0) is 42.5 Å². The molecule has 3 aromatic rings. The van der Waals surface area contributed by atoms with Crippen molar-refractivity contribution in [1.29, 1.82) is 0 Å². The van der Waals surface area contributed by atoms with Crippen LogP contribution < -0.4 is 5.32 Å². The maximum atomic E-state index is 12.8. The lowest BCUT2D eigenvalue weighted by molar-refractivity contribution is 0.102. The van der Waals surface area contributed by atoms with Gasteiger partial charge in [0.15, 0.2) is 0 Å². The van der Waals surface area contributed by atoms with Crippen molar-refractivity contribution < 1.29 is 9.18 Å². The van der Waals surface area contributed by atoms with Gasteiger partial charge >= 0.3 is 0 Å². The van der Waals surface area contributed by atoms with E-state index < -0.39 is 0 Å². The molecule has 0 unspecified atom stereocenters. The van der Waals surface area contributed by atoms with Crippen LogP contribution in [0.25, 0.3) is 10.9 Å². The first-order valence-electron chi connectivity index (χ1n) is 6.15. The van der Waals surface area contributed by atoms with Gasteiger partial charge in [0.25, 0.3) is 5.91 Å². The topological polar surface area (TPSA) is 42.0 Å². The Morgan fingerprint density at radius 1 is 0.950 bits per heavy atom. The summed E-state index contributed by atoms with van der Waals surface area (Å²) >= 11 is 0. The normalized spacial score (nSPS) is 10.4. The van der Waals surface area contributed by atoms with Gasteiger partial charge in [-0.25, -0.2) is 9.37 Å². The van der Waals surface area contributed by atoms with E-state index in [4.69, 9.17) is 0 Å². The van der Waals surface area contributed by atoms with Crippen LogP contribution in [0.1, 0.15) is 10.4 Å². The quantitative estimate of drug-likeness (QED) is 0.769. The Hall–Kier alpha value is -2.75. The number of pyridine rings is 1. The van der Waals surface area contributed by atoms with Gasteiger partial charge in [0, 0.05) is 10.9 Å². The van der Waals surface area contributed by atoms with E-state index in [2.05, 4.69) is 10.3 Å². The van der Waals surface area contributed by atoms with Crippen LogP contribution in [0.2, 0.25) is 0 Å². The fourth-order valence-electron chi connectivity index (χ4n) is 1.93. The lowest BCUT2D eigenvalue weighted by atomic mass is 10.2. The number of hydrogen-bond acceptors (Lipinski definition) is 2. The molecule has 1 amide bonds. The summed E-state index contributed by atoms with van der Waals surface area (Å²) in [5.41, 5.74) is 1.20. The molecule has 98 valence electrons. The zero-order valence-electron chi connectivity index (χ0n) is 10.5. The third-order valence-corrected chi connectivity index (χ3v) is 2.95. The molecule has 0 atom stereocenters. The highest BCUT2D eigenvalue weighted by Crippen LogP contribution is 2.15. The molecule has 4 heteroatoms. The maximum Gasteiger partial charge on any atom is 0.256 e. The molecule has 2 aromatic carbocycles. The molecule has 20 heavy (non-hydrogen) atoms. The number of carbonyl (C=O) groups excluding carboxylic acids is 1. The Balaban J connectivity index is 1.85. The van der Waals surface area contributed by atoms with Crippen molar-refractivity contribution in [3.05, 3.63) is 72.0 Å². The number of halogens is 1. The van der Waals surface area contributed by atoms with Crippen molar-refractivity contribution >= 4 is 22.6 Å². The average Bonchev–Trinajstić information content (AvgIpc) is 2.48. The smallest absolute Gasteiger partial charge is 0.256 e. The van der Waals surface area contributed by atoms with Crippen LogP contribution in [0.5, 0.6) is 0 Å². The number of hydrogen-bond donors (Lipinski definition) is 1. The number of carbonyl (C=O) groups is 1. The van der Waals surface area contributed by atoms with Crippen LogP contribution in [-0.4, -0.2) is 10.9 Å². The third-order valence-electron chi connectivity index (χ3n) is 2.95. The third kappa shape index (κ3) is 2.49. The number of anilines is 1. The van der Waals surface area contributed by atoms with E-state index in [0.717, 1.165) is 10.9 Å². The second kappa shape index (κ2) is 5.09. The summed E-state index contributed by atoms with van der Waals surface area (Å²) in [6.45, 7) is 0. The summed E-state index contributed by atoms with van der Waals surface area (Å²) in [4.78, 5) is 16.3. The van der Waals surface area contributed by atoms with Crippen LogP contribution in [0.3, 0.4) is 0 Å². The first-order valence-corrected chi connectivity index (χ1v) is 6.15. The van der Waals surface area contributed by atoms with Gasteiger partial charge in [0.2, 0.25) is 0 Å². The predicted octanol–water partition coefficient (Wildman–Crippen LogP) is 3.63. The molecule has 0 aliphatic heterocycles. The lowest BCUT2D eigenvalue weighted by Gasteiger charge is -2.05. The summed E-state index contributed by atoms with van der Waals surface area (Å²) in [6, 6.07) is 16.7. The van der Waals surface area contributed by atoms with Gasteiger partial charge in [-0.3, -0.25) is 4.79 Å². The molecule has 3 nitrogen and oxygen atoms in total. The minimum atomic E-state index is -0.370. The number of aromatic nitrogens is 1. The Bertz CT molecular complexity index is 769. The molecule has 3 rings (SSSR count). The number of nitrogens with zero attached hydrogens (tertiary/aromatic N) is 1. The molecule has 0 bridgehead atoms. The minimum absolute atomic E-state index is 0.312. The monoisotopic (exact) mass is 266 g/mol. The predicted molar refractivity (Wildman–Crippen MR) is 76.1 cm³/mol. The number of benzene rings is 2. The van der Waals surface area contributed by atoms with Crippen molar-refractivity contribution in [1.82, 2.24) is 4.98 Å². The van der Waals surface area contributed by atoms with Gasteiger partial charge in [0.05, 0.1) is 5.52 Å². The Labute approximate surface area is 115 Å². The van der Waals surface area contributed by atoms with Crippen molar-refractivity contribution in [2.24, 2.45) is 0 Å². The molecule has 0 aliphatic carbocycles. The van der Waals surface area contributed by atoms with E-state index in [1.54, 1.807) is 6.07 Å². The minimum Gasteiger partial charge on any atom is -0.307 e. The lowest BCUT2D eigenvalue weighted by Crippen LogP contribution is -2.12. The van der Waals surface area contributed by atoms with Gasteiger partial charge in [0.1, 0.15) is 11.6 Å². The van der Waals surface area contributed by atoms with Crippen LogP contribution in [0.4, 0.5) is 10.2 Å². The first kappa shape index (κ1) is 12.3. The molecule has 0 radical (unpaired) electrons. The summed E-state index contributed by atoms with van der Waals surface area (Å²) in [7, 11) is 0. The van der Waals surface area contributed by atoms with E-state index in [1.165, 1.54) is 24.3 Å². The largest absolute Gasteiger partial charge is 0.307 e. The van der Waals surface area contributed by atoms with E-state index in [9.17, 15) is 9.18 Å². The fourth-order valence-corrected chi connectivity index (χ4v) is 1.93. The molecular formula is C16H11FN2O. The van der Waals surface area contributed by atoms with Crippen molar-refractivity contribution in [3.63, 3.8) is 0 Å². The van der Waals surface area contributed by atoms with Crippen molar-refractivity contribution in [2.45, 2.75) is 0 Å². The van der Waals surface area contributed by atoms with E-state index in [1.807, 2.05) is 30.3 Å². The van der Waals surface area contributed by atoms with E-state index >= 15 is 0 Å². The Kier molecular flexibility index (Phi) is 3.13. The van der Waals surface area contributed by atoms with E-state index in [-0.39, 0.29) is 11.7 Å². The molecule has 1 N–H and O–H groups in total.